The van der Waals surface area contributed by atoms with Gasteiger partial charge in [-0.1, -0.05) is 30.3 Å². The van der Waals surface area contributed by atoms with Crippen molar-refractivity contribution >= 4 is 5.91 Å². The molecule has 2 heterocycles. The van der Waals surface area contributed by atoms with E-state index < -0.39 is 0 Å². The van der Waals surface area contributed by atoms with Crippen LogP contribution in [0.3, 0.4) is 0 Å². The molecule has 1 N–H and O–H groups in total. The summed E-state index contributed by atoms with van der Waals surface area (Å²) in [6, 6.07) is 10.3. The van der Waals surface area contributed by atoms with Gasteiger partial charge >= 0.3 is 0 Å². The van der Waals surface area contributed by atoms with Gasteiger partial charge in [-0.3, -0.25) is 9.48 Å². The average Bonchev–Trinajstić information content (AvgIpc) is 3.31. The molecule has 0 bridgehead atoms. The van der Waals surface area contributed by atoms with Crippen molar-refractivity contribution < 1.29 is 9.53 Å². The highest BCUT2D eigenvalue weighted by Crippen LogP contribution is 2.47. The van der Waals surface area contributed by atoms with E-state index in [1.54, 1.807) is 4.68 Å². The maximum absolute atomic E-state index is 12.7. The lowest BCUT2D eigenvalue weighted by molar-refractivity contribution is -0.125. The zero-order valence-corrected chi connectivity index (χ0v) is 13.9. The van der Waals surface area contributed by atoms with Crippen molar-refractivity contribution in [1.29, 1.82) is 0 Å². The number of carbonyl (C=O) groups is 1. The first kappa shape index (κ1) is 15.4. The summed E-state index contributed by atoms with van der Waals surface area (Å²) in [7, 11) is 1.90. The predicted octanol–water partition coefficient (Wildman–Crippen LogP) is 2.56. The fourth-order valence-electron chi connectivity index (χ4n) is 3.69. The van der Waals surface area contributed by atoms with Crippen molar-refractivity contribution in [3.63, 3.8) is 0 Å². The average molecular weight is 325 g/mol. The molecule has 24 heavy (non-hydrogen) atoms. The second kappa shape index (κ2) is 6.40. The zero-order chi connectivity index (χ0) is 16.5. The molecule has 5 nitrogen and oxygen atoms in total. The van der Waals surface area contributed by atoms with Crippen molar-refractivity contribution in [3.05, 3.63) is 53.9 Å². The molecule has 0 unspecified atom stereocenters. The molecule has 0 radical (unpaired) electrons. The molecule has 1 aliphatic heterocycles. The van der Waals surface area contributed by atoms with Gasteiger partial charge in [0.05, 0.1) is 12.2 Å². The fraction of sp³-hybridized carbons (Fsp3) is 0.474. The number of aromatic nitrogens is 2. The summed E-state index contributed by atoms with van der Waals surface area (Å²) in [5.41, 5.74) is 2.30. The van der Waals surface area contributed by atoms with Crippen LogP contribution in [0.25, 0.3) is 0 Å². The third kappa shape index (κ3) is 3.08. The minimum Gasteiger partial charge on any atom is -0.371 e. The minimum atomic E-state index is -0.0923. The molecule has 2 aromatic rings. The normalized spacial score (nSPS) is 29.2. The van der Waals surface area contributed by atoms with Gasteiger partial charge in [0.25, 0.3) is 0 Å². The summed E-state index contributed by atoms with van der Waals surface area (Å²) >= 11 is 0. The number of ether oxygens (including phenoxy) is 1. The van der Waals surface area contributed by atoms with Crippen molar-refractivity contribution in [2.75, 3.05) is 6.61 Å². The Morgan fingerprint density at radius 1 is 1.29 bits per heavy atom. The number of rotatable bonds is 4. The maximum Gasteiger partial charge on any atom is 0.224 e. The topological polar surface area (TPSA) is 56.1 Å². The first-order valence-electron chi connectivity index (χ1n) is 8.68. The van der Waals surface area contributed by atoms with E-state index in [-0.39, 0.29) is 24.0 Å². The molecule has 1 aliphatic carbocycles. The monoisotopic (exact) mass is 325 g/mol. The standard InChI is InChI=1S/C19H23N3O2/c1-22-12-14(11-20-22)18-17(8-5-9-24-18)21-19(23)16-10-15(16)13-6-3-2-4-7-13/h2-4,6-7,11-12,15-18H,5,8-10H2,1H3,(H,21,23)/t15-,16-,17+,18-/m1/s1. The van der Waals surface area contributed by atoms with Gasteiger partial charge in [-0.25, -0.2) is 0 Å². The smallest absolute Gasteiger partial charge is 0.224 e. The summed E-state index contributed by atoms with van der Waals surface area (Å²) in [4.78, 5) is 12.7. The second-order valence-electron chi connectivity index (χ2n) is 6.86. The molecule has 1 aromatic carbocycles. The van der Waals surface area contributed by atoms with Gasteiger partial charge in [-0.05, 0) is 30.7 Å². The number of aryl methyl sites for hydroxylation is 1. The Hall–Kier alpha value is -2.14. The summed E-state index contributed by atoms with van der Waals surface area (Å²) in [6.45, 7) is 0.738. The Morgan fingerprint density at radius 2 is 2.12 bits per heavy atom. The second-order valence-corrected chi connectivity index (χ2v) is 6.86. The molecule has 1 saturated carbocycles. The molecule has 0 spiro atoms. The molecule has 5 heteroatoms. The molecular weight excluding hydrogens is 302 g/mol. The quantitative estimate of drug-likeness (QED) is 0.940. The lowest BCUT2D eigenvalue weighted by Gasteiger charge is -2.32. The van der Waals surface area contributed by atoms with Crippen LogP contribution < -0.4 is 5.32 Å². The molecule has 1 amide bonds. The number of hydrogen-bond donors (Lipinski definition) is 1. The summed E-state index contributed by atoms with van der Waals surface area (Å²) in [6.07, 6.45) is 6.59. The third-order valence-corrected chi connectivity index (χ3v) is 5.06. The van der Waals surface area contributed by atoms with Crippen LogP contribution in [0.4, 0.5) is 0 Å². The summed E-state index contributed by atoms with van der Waals surface area (Å²) in [5.74, 6) is 0.629. The number of carbonyl (C=O) groups excluding carboxylic acids is 1. The fourth-order valence-corrected chi connectivity index (χ4v) is 3.69. The summed E-state index contributed by atoms with van der Waals surface area (Å²) in [5, 5.41) is 7.47. The molecule has 1 aromatic heterocycles. The number of nitrogens with one attached hydrogen (secondary N) is 1. The van der Waals surface area contributed by atoms with E-state index in [1.165, 1.54) is 5.56 Å². The van der Waals surface area contributed by atoms with Crippen LogP contribution in [-0.4, -0.2) is 28.3 Å². The van der Waals surface area contributed by atoms with Gasteiger partial charge in [-0.2, -0.15) is 5.10 Å². The minimum absolute atomic E-state index is 0.0347. The van der Waals surface area contributed by atoms with E-state index >= 15 is 0 Å². The van der Waals surface area contributed by atoms with Crippen LogP contribution >= 0.6 is 0 Å². The number of benzene rings is 1. The highest BCUT2D eigenvalue weighted by molar-refractivity contribution is 5.83. The predicted molar refractivity (Wildman–Crippen MR) is 90.4 cm³/mol. The van der Waals surface area contributed by atoms with Crippen LogP contribution in [0.1, 0.15) is 42.4 Å². The van der Waals surface area contributed by atoms with Crippen molar-refractivity contribution in [1.82, 2.24) is 15.1 Å². The Balaban J connectivity index is 1.41. The van der Waals surface area contributed by atoms with Gasteiger partial charge in [-0.15, -0.1) is 0 Å². The molecule has 4 rings (SSSR count). The first-order valence-corrected chi connectivity index (χ1v) is 8.68. The van der Waals surface area contributed by atoms with E-state index in [2.05, 4.69) is 22.5 Å². The first-order chi connectivity index (χ1) is 11.7. The van der Waals surface area contributed by atoms with Gasteiger partial charge in [0.2, 0.25) is 5.91 Å². The third-order valence-electron chi connectivity index (χ3n) is 5.06. The van der Waals surface area contributed by atoms with Crippen LogP contribution in [0, 0.1) is 5.92 Å². The van der Waals surface area contributed by atoms with Crippen molar-refractivity contribution in [2.24, 2.45) is 13.0 Å². The van der Waals surface area contributed by atoms with Gasteiger partial charge in [0.1, 0.15) is 6.10 Å². The van der Waals surface area contributed by atoms with Gasteiger partial charge in [0, 0.05) is 31.3 Å². The van der Waals surface area contributed by atoms with E-state index in [9.17, 15) is 4.79 Å². The lowest BCUT2D eigenvalue weighted by atomic mass is 9.97. The van der Waals surface area contributed by atoms with Crippen LogP contribution in [0.15, 0.2) is 42.7 Å². The summed E-state index contributed by atoms with van der Waals surface area (Å²) < 4.78 is 7.71. The number of nitrogens with zero attached hydrogens (tertiary/aromatic N) is 2. The van der Waals surface area contributed by atoms with Crippen LogP contribution in [0.2, 0.25) is 0 Å². The highest BCUT2D eigenvalue weighted by Gasteiger charge is 2.45. The van der Waals surface area contributed by atoms with E-state index in [0.29, 0.717) is 5.92 Å². The lowest BCUT2D eigenvalue weighted by Crippen LogP contribution is -2.43. The van der Waals surface area contributed by atoms with E-state index in [1.807, 2.05) is 37.6 Å². The molecule has 1 saturated heterocycles. The maximum atomic E-state index is 12.7. The van der Waals surface area contributed by atoms with E-state index in [4.69, 9.17) is 4.74 Å². The number of amides is 1. The van der Waals surface area contributed by atoms with Crippen LogP contribution in [0.5, 0.6) is 0 Å². The van der Waals surface area contributed by atoms with Crippen LogP contribution in [-0.2, 0) is 16.6 Å². The molecular formula is C19H23N3O2. The SMILES string of the molecule is Cn1cc([C@H]2OCCC[C@@H]2NC(=O)[C@@H]2C[C@@H]2c2ccccc2)cn1. The number of hydrogen-bond acceptors (Lipinski definition) is 3. The largest absolute Gasteiger partial charge is 0.371 e. The Morgan fingerprint density at radius 3 is 2.88 bits per heavy atom. The molecule has 4 atom stereocenters. The van der Waals surface area contributed by atoms with Gasteiger partial charge < -0.3 is 10.1 Å². The Labute approximate surface area is 142 Å². The van der Waals surface area contributed by atoms with E-state index in [0.717, 1.165) is 31.4 Å². The Bertz CT molecular complexity index is 712. The highest BCUT2D eigenvalue weighted by atomic mass is 16.5. The van der Waals surface area contributed by atoms with Gasteiger partial charge in [0.15, 0.2) is 0 Å². The molecule has 2 aliphatic rings. The zero-order valence-electron chi connectivity index (χ0n) is 13.9. The Kier molecular flexibility index (Phi) is 4.10. The van der Waals surface area contributed by atoms with Crippen molar-refractivity contribution in [3.8, 4) is 0 Å². The molecule has 126 valence electrons. The van der Waals surface area contributed by atoms with Crippen molar-refractivity contribution in [2.45, 2.75) is 37.3 Å². The molecule has 2 fully saturated rings.